The molecule has 11 heteroatoms. The summed E-state index contributed by atoms with van der Waals surface area (Å²) in [5.41, 5.74) is -0.431. The van der Waals surface area contributed by atoms with Crippen LogP contribution in [0.15, 0.2) is 50.8 Å². The second kappa shape index (κ2) is 9.08. The number of sulfone groups is 1. The number of amides is 1. The number of carbonyl (C=O) groups is 1. The van der Waals surface area contributed by atoms with E-state index in [0.717, 1.165) is 21.6 Å². The average Bonchev–Trinajstić information content (AvgIpc) is 2.69. The van der Waals surface area contributed by atoms with Gasteiger partial charge in [0, 0.05) is 9.50 Å². The van der Waals surface area contributed by atoms with Crippen molar-refractivity contribution in [2.75, 3.05) is 10.8 Å². The second-order valence-corrected chi connectivity index (χ2v) is 11.9. The summed E-state index contributed by atoms with van der Waals surface area (Å²) in [6, 6.07) is 7.46. The molecular weight excluding hydrogens is 534 g/mol. The highest BCUT2D eigenvalue weighted by atomic mass is 79.9. The molecule has 1 aromatic heterocycles. The van der Waals surface area contributed by atoms with Crippen molar-refractivity contribution in [3.8, 4) is 0 Å². The third-order valence-corrected chi connectivity index (χ3v) is 7.20. The number of benzene rings is 2. The molecule has 0 fully saturated rings. The number of fused-ring (bicyclic) bond motifs is 1. The van der Waals surface area contributed by atoms with Gasteiger partial charge < -0.3 is 4.74 Å². The van der Waals surface area contributed by atoms with Gasteiger partial charge in [-0.05, 0) is 79.5 Å². The van der Waals surface area contributed by atoms with Gasteiger partial charge in [-0.25, -0.2) is 18.2 Å². The molecule has 2 aromatic carbocycles. The topological polar surface area (TPSA) is 98.6 Å². The molecule has 0 aliphatic heterocycles. The first-order chi connectivity index (χ1) is 15.2. The lowest BCUT2D eigenvalue weighted by atomic mass is 10.2. The molecule has 0 aliphatic carbocycles. The highest BCUT2D eigenvalue weighted by Crippen LogP contribution is 2.31. The van der Waals surface area contributed by atoms with Crippen LogP contribution in [0.25, 0.3) is 10.9 Å². The van der Waals surface area contributed by atoms with Gasteiger partial charge in [0.15, 0.2) is 9.84 Å². The van der Waals surface area contributed by atoms with E-state index in [2.05, 4.69) is 20.9 Å². The van der Waals surface area contributed by atoms with Crippen molar-refractivity contribution in [3.63, 3.8) is 0 Å². The summed E-state index contributed by atoms with van der Waals surface area (Å²) in [6.45, 7) is 8.27. The highest BCUT2D eigenvalue weighted by molar-refractivity contribution is 9.10. The van der Waals surface area contributed by atoms with Gasteiger partial charge >= 0.3 is 6.09 Å². The van der Waals surface area contributed by atoms with E-state index >= 15 is 0 Å². The normalized spacial score (nSPS) is 12.1. The van der Waals surface area contributed by atoms with E-state index in [1.807, 2.05) is 13.0 Å². The van der Waals surface area contributed by atoms with E-state index in [-0.39, 0.29) is 26.7 Å². The Hall–Kier alpha value is -2.43. The molecule has 176 valence electrons. The van der Waals surface area contributed by atoms with E-state index in [1.54, 1.807) is 26.8 Å². The molecule has 0 atom stereocenters. The number of nitrogens with zero attached hydrogens (tertiary/aromatic N) is 3. The maximum atomic E-state index is 13.5. The Kier molecular flexibility index (Phi) is 6.93. The van der Waals surface area contributed by atoms with Crippen LogP contribution in [0.2, 0.25) is 5.02 Å². The van der Waals surface area contributed by atoms with Crippen LogP contribution in [0.4, 0.5) is 10.5 Å². The lowest BCUT2D eigenvalue weighted by molar-refractivity contribution is 0.0561. The lowest BCUT2D eigenvalue weighted by Gasteiger charge is -2.29. The molecule has 1 heterocycles. The first-order valence-electron chi connectivity index (χ1n) is 9.98. The van der Waals surface area contributed by atoms with Crippen LogP contribution in [0.3, 0.4) is 0 Å². The highest BCUT2D eigenvalue weighted by Gasteiger charge is 2.31. The van der Waals surface area contributed by atoms with Gasteiger partial charge in [0.2, 0.25) is 0 Å². The monoisotopic (exact) mass is 555 g/mol. The van der Waals surface area contributed by atoms with Crippen LogP contribution >= 0.6 is 27.5 Å². The number of halogens is 2. The smallest absolute Gasteiger partial charge is 0.434 e. The minimum Gasteiger partial charge on any atom is -0.442 e. The summed E-state index contributed by atoms with van der Waals surface area (Å²) in [7, 11) is -3.80. The van der Waals surface area contributed by atoms with Crippen molar-refractivity contribution >= 4 is 60.1 Å². The SMILES string of the molecule is CCS(=O)(=O)c1ccc(Cl)cc1N(C(=O)OC(C)(C)C)n1cnc2c(Br)cc(C)cc2c1=O. The molecule has 0 bridgehead atoms. The molecule has 0 unspecified atom stereocenters. The van der Waals surface area contributed by atoms with Crippen LogP contribution in [-0.2, 0) is 14.6 Å². The molecule has 0 saturated heterocycles. The van der Waals surface area contributed by atoms with Crippen LogP contribution in [0, 0.1) is 6.92 Å². The lowest BCUT2D eigenvalue weighted by Crippen LogP contribution is -2.46. The number of anilines is 1. The van der Waals surface area contributed by atoms with Crippen molar-refractivity contribution < 1.29 is 17.9 Å². The van der Waals surface area contributed by atoms with Crippen LogP contribution in [-0.4, -0.2) is 35.5 Å². The van der Waals surface area contributed by atoms with E-state index < -0.39 is 27.1 Å². The maximum absolute atomic E-state index is 13.5. The molecule has 3 rings (SSSR count). The van der Waals surface area contributed by atoms with Crippen molar-refractivity contribution in [3.05, 3.63) is 62.1 Å². The first kappa shape index (κ1) is 25.2. The minimum absolute atomic E-state index is 0.117. The molecule has 3 aromatic rings. The number of ether oxygens (including phenoxy) is 1. The van der Waals surface area contributed by atoms with Gasteiger partial charge in [0.25, 0.3) is 5.56 Å². The number of carbonyl (C=O) groups excluding carboxylic acids is 1. The van der Waals surface area contributed by atoms with Gasteiger partial charge in [-0.3, -0.25) is 4.79 Å². The fourth-order valence-electron chi connectivity index (χ4n) is 3.14. The zero-order valence-corrected chi connectivity index (χ0v) is 21.9. The molecule has 1 amide bonds. The van der Waals surface area contributed by atoms with E-state index in [4.69, 9.17) is 16.3 Å². The van der Waals surface area contributed by atoms with Gasteiger partial charge in [0.1, 0.15) is 11.9 Å². The Morgan fingerprint density at radius 3 is 2.52 bits per heavy atom. The molecule has 0 aliphatic rings. The van der Waals surface area contributed by atoms with Crippen LogP contribution < -0.4 is 10.6 Å². The van der Waals surface area contributed by atoms with E-state index in [1.165, 1.54) is 25.1 Å². The van der Waals surface area contributed by atoms with Crippen LogP contribution in [0.1, 0.15) is 33.3 Å². The van der Waals surface area contributed by atoms with Crippen molar-refractivity contribution in [2.45, 2.75) is 45.1 Å². The summed E-state index contributed by atoms with van der Waals surface area (Å²) >= 11 is 9.57. The molecule has 0 N–H and O–H groups in total. The van der Waals surface area contributed by atoms with Crippen molar-refractivity contribution in [2.24, 2.45) is 0 Å². The first-order valence-corrected chi connectivity index (χ1v) is 12.8. The Bertz CT molecular complexity index is 1410. The Morgan fingerprint density at radius 2 is 1.91 bits per heavy atom. The van der Waals surface area contributed by atoms with E-state index in [0.29, 0.717) is 9.99 Å². The minimum atomic E-state index is -3.80. The third-order valence-electron chi connectivity index (χ3n) is 4.59. The Labute approximate surface area is 205 Å². The molecule has 0 saturated carbocycles. The summed E-state index contributed by atoms with van der Waals surface area (Å²) < 4.78 is 32.7. The summed E-state index contributed by atoms with van der Waals surface area (Å²) in [6.07, 6.45) is 0.185. The second-order valence-electron chi connectivity index (χ2n) is 8.34. The number of rotatable bonds is 4. The zero-order chi connectivity index (χ0) is 24.7. The molecular formula is C22H23BrClN3O5S. The quantitative estimate of drug-likeness (QED) is 0.442. The largest absolute Gasteiger partial charge is 0.442 e. The number of aromatic nitrogens is 2. The van der Waals surface area contributed by atoms with Crippen LogP contribution in [0.5, 0.6) is 0 Å². The predicted molar refractivity (Wildman–Crippen MR) is 132 cm³/mol. The Morgan fingerprint density at radius 1 is 1.24 bits per heavy atom. The summed E-state index contributed by atoms with van der Waals surface area (Å²) in [5.74, 6) is -0.221. The molecule has 0 radical (unpaired) electrons. The molecule has 8 nitrogen and oxygen atoms in total. The van der Waals surface area contributed by atoms with Crippen molar-refractivity contribution in [1.82, 2.24) is 9.66 Å². The van der Waals surface area contributed by atoms with Gasteiger partial charge in [-0.1, -0.05) is 18.5 Å². The zero-order valence-electron chi connectivity index (χ0n) is 18.7. The van der Waals surface area contributed by atoms with Crippen molar-refractivity contribution in [1.29, 1.82) is 0 Å². The summed E-state index contributed by atoms with van der Waals surface area (Å²) in [4.78, 5) is 31.0. The Balaban J connectivity index is 2.40. The fourth-order valence-corrected chi connectivity index (χ4v) is 5.04. The maximum Gasteiger partial charge on any atom is 0.434 e. The average molecular weight is 557 g/mol. The third kappa shape index (κ3) is 5.23. The predicted octanol–water partition coefficient (Wildman–Crippen LogP) is 5.12. The standard InChI is InChI=1S/C22H23BrClN3O5S/c1-6-33(30,31)18-8-7-14(24)11-17(18)27(21(29)32-22(3,4)5)26-12-25-19-15(20(26)28)9-13(2)10-16(19)23/h7-12H,6H2,1-5H3. The van der Waals surface area contributed by atoms with Gasteiger partial charge in [-0.2, -0.15) is 9.69 Å². The van der Waals surface area contributed by atoms with E-state index in [9.17, 15) is 18.0 Å². The molecule has 33 heavy (non-hydrogen) atoms. The fraction of sp³-hybridized carbons (Fsp3) is 0.318. The van der Waals surface area contributed by atoms with Gasteiger partial charge in [0.05, 0.1) is 27.2 Å². The number of aryl methyl sites for hydroxylation is 1. The summed E-state index contributed by atoms with van der Waals surface area (Å²) in [5, 5.41) is 1.26. The number of hydrogen-bond donors (Lipinski definition) is 0. The number of hydrogen-bond acceptors (Lipinski definition) is 6. The van der Waals surface area contributed by atoms with Gasteiger partial charge in [-0.15, -0.1) is 0 Å². The molecule has 0 spiro atoms.